The van der Waals surface area contributed by atoms with E-state index in [1.165, 1.54) is 24.3 Å². The van der Waals surface area contributed by atoms with Crippen molar-refractivity contribution < 1.29 is 22.0 Å². The quantitative estimate of drug-likeness (QED) is 0.347. The molecule has 35 heavy (non-hydrogen) atoms. The third-order valence-corrected chi connectivity index (χ3v) is 5.80. The van der Waals surface area contributed by atoms with Crippen LogP contribution in [0.25, 0.3) is 11.3 Å². The van der Waals surface area contributed by atoms with E-state index in [2.05, 4.69) is 10.1 Å². The van der Waals surface area contributed by atoms with Crippen LogP contribution in [0, 0.1) is 11.6 Å². The second kappa shape index (κ2) is 8.57. The zero-order chi connectivity index (χ0) is 24.7. The molecule has 1 atom stereocenters. The largest absolute Gasteiger partial charge is 0.416 e. The molecule has 0 N–H and O–H groups in total. The Labute approximate surface area is 196 Å². The maximum atomic E-state index is 14.8. The molecule has 1 aliphatic rings. The zero-order valence-electron chi connectivity index (χ0n) is 17.9. The molecule has 4 aromatic rings. The number of rotatable bonds is 3. The van der Waals surface area contributed by atoms with Crippen LogP contribution in [0.5, 0.6) is 0 Å². The number of benzene rings is 3. The monoisotopic (exact) mass is 481 g/mol. The van der Waals surface area contributed by atoms with E-state index in [-0.39, 0.29) is 23.5 Å². The fraction of sp³-hybridized carbons (Fsp3) is 0.115. The van der Waals surface area contributed by atoms with Crippen molar-refractivity contribution in [3.05, 3.63) is 123 Å². The number of fused-ring (bicyclic) bond motifs is 1. The van der Waals surface area contributed by atoms with Crippen LogP contribution < -0.4 is 5.56 Å². The molecule has 2 heterocycles. The van der Waals surface area contributed by atoms with Crippen LogP contribution >= 0.6 is 0 Å². The summed E-state index contributed by atoms with van der Waals surface area (Å²) in [5.41, 5.74) is 0.401. The summed E-state index contributed by atoms with van der Waals surface area (Å²) in [6.45, 7) is 0. The molecule has 0 bridgehead atoms. The third kappa shape index (κ3) is 4.37. The Morgan fingerprint density at radius 1 is 0.857 bits per heavy atom. The predicted octanol–water partition coefficient (Wildman–Crippen LogP) is 5.80. The summed E-state index contributed by atoms with van der Waals surface area (Å²) in [5.74, 6) is -1.94. The summed E-state index contributed by atoms with van der Waals surface area (Å²) in [6.07, 6.45) is -4.42. The highest BCUT2D eigenvalue weighted by atomic mass is 19.4. The molecule has 1 unspecified atom stereocenters. The Kier molecular flexibility index (Phi) is 5.55. The molecule has 0 radical (unpaired) electrons. The van der Waals surface area contributed by atoms with Crippen LogP contribution in [0.4, 0.5) is 22.0 Å². The zero-order valence-corrected chi connectivity index (χ0v) is 17.9. The topological polar surface area (TPSA) is 47.2 Å². The van der Waals surface area contributed by atoms with Crippen LogP contribution in [-0.2, 0) is 12.6 Å². The fourth-order valence-corrected chi connectivity index (χ4v) is 4.11. The number of nitrogens with zero attached hydrogens (tertiary/aromatic N) is 3. The summed E-state index contributed by atoms with van der Waals surface area (Å²) in [4.78, 5) is 17.4. The molecular formula is C26H16F5N3O. The van der Waals surface area contributed by atoms with Gasteiger partial charge in [-0.2, -0.15) is 22.9 Å². The van der Waals surface area contributed by atoms with Gasteiger partial charge in [-0.05, 0) is 29.3 Å². The Morgan fingerprint density at radius 3 is 2.23 bits per heavy atom. The summed E-state index contributed by atoms with van der Waals surface area (Å²) in [7, 11) is 0. The van der Waals surface area contributed by atoms with Crippen LogP contribution in [0.3, 0.4) is 0 Å². The molecule has 9 heteroatoms. The molecule has 0 amide bonds. The van der Waals surface area contributed by atoms with Crippen LogP contribution in [0.1, 0.15) is 28.4 Å². The van der Waals surface area contributed by atoms with Crippen molar-refractivity contribution >= 4 is 5.71 Å². The molecule has 0 saturated heterocycles. The van der Waals surface area contributed by atoms with E-state index in [4.69, 9.17) is 0 Å². The molecule has 1 aromatic heterocycles. The summed E-state index contributed by atoms with van der Waals surface area (Å²) in [5, 5.41) is 4.47. The first-order chi connectivity index (χ1) is 16.7. The molecule has 0 saturated carbocycles. The van der Waals surface area contributed by atoms with Crippen LogP contribution in [0.2, 0.25) is 0 Å². The fourth-order valence-electron chi connectivity index (χ4n) is 4.11. The maximum Gasteiger partial charge on any atom is 0.416 e. The number of hydrogen-bond acceptors (Lipinski definition) is 3. The lowest BCUT2D eigenvalue weighted by Crippen LogP contribution is -2.32. The number of halogens is 5. The molecule has 0 fully saturated rings. The smallest absolute Gasteiger partial charge is 0.267 e. The molecule has 176 valence electrons. The summed E-state index contributed by atoms with van der Waals surface area (Å²) >= 11 is 0. The molecule has 3 aromatic carbocycles. The van der Waals surface area contributed by atoms with Gasteiger partial charge in [0.05, 0.1) is 17.0 Å². The average molecular weight is 481 g/mol. The minimum absolute atomic E-state index is 0.0694. The van der Waals surface area contributed by atoms with Gasteiger partial charge in [0.15, 0.2) is 0 Å². The van der Waals surface area contributed by atoms with Crippen molar-refractivity contribution in [2.24, 2.45) is 5.10 Å². The first-order valence-electron chi connectivity index (χ1n) is 10.6. The van der Waals surface area contributed by atoms with E-state index in [1.807, 2.05) is 0 Å². The van der Waals surface area contributed by atoms with Gasteiger partial charge in [-0.15, -0.1) is 0 Å². The Hall–Kier alpha value is -4.14. The molecule has 0 aliphatic carbocycles. The molecule has 4 nitrogen and oxygen atoms in total. The number of aromatic nitrogens is 2. The van der Waals surface area contributed by atoms with Gasteiger partial charge in [0, 0.05) is 30.0 Å². The van der Waals surface area contributed by atoms with E-state index in [0.717, 1.165) is 28.9 Å². The minimum Gasteiger partial charge on any atom is -0.267 e. The van der Waals surface area contributed by atoms with Crippen molar-refractivity contribution in [1.29, 1.82) is 0 Å². The normalized spacial score (nSPS) is 15.5. The predicted molar refractivity (Wildman–Crippen MR) is 120 cm³/mol. The van der Waals surface area contributed by atoms with Crippen molar-refractivity contribution in [2.45, 2.75) is 18.5 Å². The van der Waals surface area contributed by atoms with Crippen molar-refractivity contribution in [1.82, 2.24) is 9.66 Å². The summed E-state index contributed by atoms with van der Waals surface area (Å²) in [6, 6.07) is 17.7. The van der Waals surface area contributed by atoms with Crippen LogP contribution in [0.15, 0.2) is 88.8 Å². The van der Waals surface area contributed by atoms with E-state index in [1.54, 1.807) is 30.3 Å². The standard InChI is InChI=1S/C26H16F5N3O/c27-18-10-11-19(21(28)12-18)20-13-23-32-22(15-6-8-17(9-7-15)26(29,30)31)14-24(35)34(23)33-25(20)16-4-2-1-3-5-16/h1-12,14,20H,13H2. The van der Waals surface area contributed by atoms with Crippen molar-refractivity contribution in [3.8, 4) is 11.3 Å². The lowest BCUT2D eigenvalue weighted by atomic mass is 9.86. The second-order valence-electron chi connectivity index (χ2n) is 8.06. The van der Waals surface area contributed by atoms with Gasteiger partial charge in [-0.25, -0.2) is 13.8 Å². The first-order valence-corrected chi connectivity index (χ1v) is 10.6. The average Bonchev–Trinajstić information content (AvgIpc) is 2.83. The lowest BCUT2D eigenvalue weighted by Gasteiger charge is -2.26. The van der Waals surface area contributed by atoms with Gasteiger partial charge in [-0.3, -0.25) is 4.79 Å². The van der Waals surface area contributed by atoms with Crippen molar-refractivity contribution in [3.63, 3.8) is 0 Å². The lowest BCUT2D eigenvalue weighted by molar-refractivity contribution is -0.137. The van der Waals surface area contributed by atoms with E-state index >= 15 is 0 Å². The highest BCUT2D eigenvalue weighted by molar-refractivity contribution is 6.05. The van der Waals surface area contributed by atoms with Gasteiger partial charge in [-0.1, -0.05) is 48.5 Å². The SMILES string of the molecule is O=c1cc(-c2ccc(C(F)(F)F)cc2)nc2n1N=C(c1ccccc1)C(c1ccc(F)cc1F)C2. The minimum atomic E-state index is -4.49. The van der Waals surface area contributed by atoms with Gasteiger partial charge in [0.2, 0.25) is 0 Å². The Bertz CT molecular complexity index is 1490. The summed E-state index contributed by atoms with van der Waals surface area (Å²) < 4.78 is 68.2. The first kappa shape index (κ1) is 22.6. The molecule has 1 aliphatic heterocycles. The number of hydrogen-bond donors (Lipinski definition) is 0. The molecule has 5 rings (SSSR count). The maximum absolute atomic E-state index is 14.8. The van der Waals surface area contributed by atoms with Crippen LogP contribution in [-0.4, -0.2) is 15.4 Å². The van der Waals surface area contributed by atoms with Gasteiger partial charge in [0.25, 0.3) is 5.56 Å². The Balaban J connectivity index is 1.63. The molecular weight excluding hydrogens is 465 g/mol. The number of alkyl halides is 3. The van der Waals surface area contributed by atoms with Crippen molar-refractivity contribution in [2.75, 3.05) is 0 Å². The van der Waals surface area contributed by atoms with Gasteiger partial charge >= 0.3 is 6.18 Å². The highest BCUT2D eigenvalue weighted by Gasteiger charge is 2.31. The molecule has 0 spiro atoms. The third-order valence-electron chi connectivity index (χ3n) is 5.80. The van der Waals surface area contributed by atoms with E-state index < -0.39 is 34.9 Å². The van der Waals surface area contributed by atoms with Gasteiger partial charge in [0.1, 0.15) is 17.5 Å². The highest BCUT2D eigenvalue weighted by Crippen LogP contribution is 2.33. The Morgan fingerprint density at radius 2 is 1.57 bits per heavy atom. The van der Waals surface area contributed by atoms with Gasteiger partial charge < -0.3 is 0 Å². The van der Waals surface area contributed by atoms with E-state index in [9.17, 15) is 26.7 Å². The van der Waals surface area contributed by atoms with E-state index in [0.29, 0.717) is 16.8 Å². The second-order valence-corrected chi connectivity index (χ2v) is 8.06.